The number of hydrogen-bond donors (Lipinski definition) is 1. The summed E-state index contributed by atoms with van der Waals surface area (Å²) in [6, 6.07) is 12.8. The molecular weight excluding hydrogens is 396 g/mol. The highest BCUT2D eigenvalue weighted by molar-refractivity contribution is 7.89. The number of sulfone groups is 1. The highest BCUT2D eigenvalue weighted by atomic mass is 32.2. The number of para-hydroxylation sites is 2. The first-order valence-corrected chi connectivity index (χ1v) is 10.9. The summed E-state index contributed by atoms with van der Waals surface area (Å²) in [5.74, 6) is -1.70. The monoisotopic (exact) mass is 416 g/mol. The quantitative estimate of drug-likeness (QED) is 0.744. The third-order valence-corrected chi connectivity index (χ3v) is 5.14. The van der Waals surface area contributed by atoms with Gasteiger partial charge in [0.05, 0.1) is 22.7 Å². The fraction of sp³-hybridized carbons (Fsp3) is 0.250. The van der Waals surface area contributed by atoms with Crippen LogP contribution >= 0.6 is 0 Å². The summed E-state index contributed by atoms with van der Waals surface area (Å²) in [5.41, 5.74) is 1.78. The standard InChI is InChI=1S/C20H20N2O6S/c1-13(19(24)22-11-18(23)21-16-5-3-4-6-17(16)22)28-20(25)15-9-7-14(8-10-15)12-29(2,26)27/h3-10,13H,11-12H2,1-2H3,(H,21,23)/t13-/m1/s1. The van der Waals surface area contributed by atoms with E-state index in [0.717, 1.165) is 6.26 Å². The van der Waals surface area contributed by atoms with E-state index in [9.17, 15) is 22.8 Å². The van der Waals surface area contributed by atoms with Crippen LogP contribution < -0.4 is 10.2 Å². The van der Waals surface area contributed by atoms with Gasteiger partial charge in [0.2, 0.25) is 5.91 Å². The van der Waals surface area contributed by atoms with E-state index >= 15 is 0 Å². The lowest BCUT2D eigenvalue weighted by Crippen LogP contribution is -2.47. The van der Waals surface area contributed by atoms with Crippen LogP contribution in [-0.2, 0) is 29.9 Å². The number of hydrogen-bond acceptors (Lipinski definition) is 6. The minimum absolute atomic E-state index is 0.131. The van der Waals surface area contributed by atoms with Crippen molar-refractivity contribution in [1.82, 2.24) is 0 Å². The Morgan fingerprint density at radius 2 is 1.79 bits per heavy atom. The Morgan fingerprint density at radius 3 is 2.45 bits per heavy atom. The molecule has 0 radical (unpaired) electrons. The van der Waals surface area contributed by atoms with Crippen molar-refractivity contribution < 1.29 is 27.5 Å². The summed E-state index contributed by atoms with van der Waals surface area (Å²) in [6.07, 6.45) is 0.0127. The molecule has 0 spiro atoms. The van der Waals surface area contributed by atoms with Crippen molar-refractivity contribution in [3.63, 3.8) is 0 Å². The molecule has 3 rings (SSSR count). The van der Waals surface area contributed by atoms with Gasteiger partial charge < -0.3 is 10.1 Å². The van der Waals surface area contributed by atoms with Crippen molar-refractivity contribution in [3.8, 4) is 0 Å². The van der Waals surface area contributed by atoms with E-state index in [2.05, 4.69) is 5.32 Å². The van der Waals surface area contributed by atoms with E-state index in [1.54, 1.807) is 24.3 Å². The summed E-state index contributed by atoms with van der Waals surface area (Å²) in [4.78, 5) is 38.3. The molecule has 1 heterocycles. The second kappa shape index (κ2) is 8.04. The number of ether oxygens (including phenoxy) is 1. The maximum Gasteiger partial charge on any atom is 0.338 e. The molecule has 29 heavy (non-hydrogen) atoms. The highest BCUT2D eigenvalue weighted by Crippen LogP contribution is 2.29. The molecule has 0 bridgehead atoms. The number of esters is 1. The number of carbonyl (C=O) groups is 3. The molecule has 1 N–H and O–H groups in total. The molecule has 9 heteroatoms. The SMILES string of the molecule is C[C@@H](OC(=O)c1ccc(CS(C)(=O)=O)cc1)C(=O)N1CC(=O)Nc2ccccc21. The number of amides is 2. The van der Waals surface area contributed by atoms with E-state index in [-0.39, 0.29) is 23.8 Å². The zero-order valence-corrected chi connectivity index (χ0v) is 16.7. The molecular formula is C20H20N2O6S. The van der Waals surface area contributed by atoms with Crippen molar-refractivity contribution in [2.24, 2.45) is 0 Å². The van der Waals surface area contributed by atoms with Gasteiger partial charge in [0, 0.05) is 6.26 Å². The topological polar surface area (TPSA) is 110 Å². The van der Waals surface area contributed by atoms with Gasteiger partial charge in [0.15, 0.2) is 15.9 Å². The number of carbonyl (C=O) groups excluding carboxylic acids is 3. The van der Waals surface area contributed by atoms with Crippen LogP contribution in [0.25, 0.3) is 0 Å². The van der Waals surface area contributed by atoms with Gasteiger partial charge in [-0.25, -0.2) is 13.2 Å². The van der Waals surface area contributed by atoms with Gasteiger partial charge in [0.25, 0.3) is 5.91 Å². The molecule has 8 nitrogen and oxygen atoms in total. The second-order valence-corrected chi connectivity index (χ2v) is 8.94. The number of benzene rings is 2. The fourth-order valence-corrected chi connectivity index (χ4v) is 3.77. The Hall–Kier alpha value is -3.20. The molecule has 0 saturated heterocycles. The average molecular weight is 416 g/mol. The minimum Gasteiger partial charge on any atom is -0.449 e. The summed E-state index contributed by atoms with van der Waals surface area (Å²) in [5, 5.41) is 2.69. The van der Waals surface area contributed by atoms with Gasteiger partial charge in [-0.05, 0) is 36.8 Å². The van der Waals surface area contributed by atoms with Crippen LogP contribution in [-0.4, -0.2) is 45.1 Å². The predicted molar refractivity (Wildman–Crippen MR) is 107 cm³/mol. The minimum atomic E-state index is -3.18. The average Bonchev–Trinajstić information content (AvgIpc) is 2.65. The first-order valence-electron chi connectivity index (χ1n) is 8.82. The molecule has 0 aliphatic carbocycles. The van der Waals surface area contributed by atoms with Crippen molar-refractivity contribution in [2.75, 3.05) is 23.0 Å². The van der Waals surface area contributed by atoms with Crippen LogP contribution in [0.15, 0.2) is 48.5 Å². The molecule has 1 atom stereocenters. The zero-order valence-electron chi connectivity index (χ0n) is 15.9. The molecule has 0 saturated carbocycles. The molecule has 0 aromatic heterocycles. The van der Waals surface area contributed by atoms with E-state index < -0.39 is 27.8 Å². The van der Waals surface area contributed by atoms with Gasteiger partial charge in [-0.2, -0.15) is 0 Å². The van der Waals surface area contributed by atoms with Gasteiger partial charge >= 0.3 is 5.97 Å². The van der Waals surface area contributed by atoms with Crippen molar-refractivity contribution in [3.05, 3.63) is 59.7 Å². The Kier molecular flexibility index (Phi) is 5.69. The Balaban J connectivity index is 1.70. The predicted octanol–water partition coefficient (Wildman–Crippen LogP) is 1.76. The summed E-state index contributed by atoms with van der Waals surface area (Å²) >= 11 is 0. The van der Waals surface area contributed by atoms with Crippen LogP contribution in [0.1, 0.15) is 22.8 Å². The molecule has 0 fully saturated rings. The second-order valence-electron chi connectivity index (χ2n) is 6.80. The molecule has 2 aromatic rings. The fourth-order valence-electron chi connectivity index (χ4n) is 2.97. The Labute approximate surface area is 168 Å². The smallest absolute Gasteiger partial charge is 0.338 e. The van der Waals surface area contributed by atoms with Crippen LogP contribution in [0, 0.1) is 0 Å². The van der Waals surface area contributed by atoms with Gasteiger partial charge in [-0.1, -0.05) is 24.3 Å². The maximum atomic E-state index is 12.8. The number of rotatable bonds is 5. The number of anilines is 2. The third-order valence-electron chi connectivity index (χ3n) is 4.29. The lowest BCUT2D eigenvalue weighted by Gasteiger charge is -2.30. The van der Waals surface area contributed by atoms with Crippen molar-refractivity contribution in [1.29, 1.82) is 0 Å². The summed E-state index contributed by atoms with van der Waals surface area (Å²) in [7, 11) is -3.18. The molecule has 1 aliphatic heterocycles. The Morgan fingerprint density at radius 1 is 1.14 bits per heavy atom. The first kappa shape index (κ1) is 20.5. The highest BCUT2D eigenvalue weighted by Gasteiger charge is 2.31. The first-order chi connectivity index (χ1) is 13.6. The largest absolute Gasteiger partial charge is 0.449 e. The van der Waals surface area contributed by atoms with Crippen LogP contribution in [0.5, 0.6) is 0 Å². The van der Waals surface area contributed by atoms with Crippen LogP contribution in [0.2, 0.25) is 0 Å². The molecule has 0 unspecified atom stereocenters. The van der Waals surface area contributed by atoms with Crippen LogP contribution in [0.3, 0.4) is 0 Å². The van der Waals surface area contributed by atoms with Crippen molar-refractivity contribution in [2.45, 2.75) is 18.8 Å². The third kappa shape index (κ3) is 5.00. The molecule has 1 aliphatic rings. The lowest BCUT2D eigenvalue weighted by atomic mass is 10.1. The molecule has 152 valence electrons. The molecule has 2 amide bonds. The van der Waals surface area contributed by atoms with E-state index in [0.29, 0.717) is 16.9 Å². The van der Waals surface area contributed by atoms with Gasteiger partial charge in [-0.3, -0.25) is 14.5 Å². The number of nitrogens with one attached hydrogen (secondary N) is 1. The maximum absolute atomic E-state index is 12.8. The zero-order chi connectivity index (χ0) is 21.2. The van der Waals surface area contributed by atoms with Crippen LogP contribution in [0.4, 0.5) is 11.4 Å². The van der Waals surface area contributed by atoms with Gasteiger partial charge in [-0.15, -0.1) is 0 Å². The van der Waals surface area contributed by atoms with E-state index in [1.165, 1.54) is 36.1 Å². The lowest BCUT2D eigenvalue weighted by molar-refractivity contribution is -0.128. The Bertz CT molecular complexity index is 1060. The molecule has 2 aromatic carbocycles. The van der Waals surface area contributed by atoms with E-state index in [1.807, 2.05) is 0 Å². The summed E-state index contributed by atoms with van der Waals surface area (Å²) in [6.45, 7) is 1.27. The summed E-state index contributed by atoms with van der Waals surface area (Å²) < 4.78 is 27.9. The normalized spacial score (nSPS) is 14.6. The number of nitrogens with zero attached hydrogens (tertiary/aromatic N) is 1. The van der Waals surface area contributed by atoms with Gasteiger partial charge in [0.1, 0.15) is 6.54 Å². The van der Waals surface area contributed by atoms with E-state index in [4.69, 9.17) is 4.74 Å². The van der Waals surface area contributed by atoms with Crippen molar-refractivity contribution >= 4 is 39.0 Å². The number of fused-ring (bicyclic) bond motifs is 1.